The molecule has 0 aromatic heterocycles. The van der Waals surface area contributed by atoms with E-state index < -0.39 is 6.09 Å². The molecular weight excluding hydrogens is 298 g/mol. The molecule has 2 fully saturated rings. The van der Waals surface area contributed by atoms with Gasteiger partial charge in [0, 0.05) is 19.0 Å². The predicted molar refractivity (Wildman–Crippen MR) is 84.8 cm³/mol. The first-order chi connectivity index (χ1) is 11.1. The molecule has 7 heteroatoms. The van der Waals surface area contributed by atoms with Crippen LogP contribution in [-0.4, -0.2) is 80.4 Å². The monoisotopic (exact) mass is 323 g/mol. The lowest BCUT2D eigenvalue weighted by atomic mass is 10.0. The normalized spacial score (nSPS) is 22.9. The number of hydrogen-bond donors (Lipinski definition) is 1. The molecule has 0 saturated carbocycles. The molecule has 2 rings (SSSR count). The van der Waals surface area contributed by atoms with Crippen LogP contribution >= 0.6 is 0 Å². The van der Waals surface area contributed by atoms with E-state index in [1.165, 1.54) is 0 Å². The first-order valence-electron chi connectivity index (χ1n) is 8.02. The van der Waals surface area contributed by atoms with Crippen LogP contribution in [0.15, 0.2) is 0 Å². The van der Waals surface area contributed by atoms with Gasteiger partial charge in [-0.3, -0.25) is 4.79 Å². The highest BCUT2D eigenvalue weighted by molar-refractivity contribution is 5.81. The van der Waals surface area contributed by atoms with Gasteiger partial charge < -0.3 is 24.6 Å². The van der Waals surface area contributed by atoms with Gasteiger partial charge in [0.05, 0.1) is 12.6 Å². The lowest BCUT2D eigenvalue weighted by Gasteiger charge is -2.35. The summed E-state index contributed by atoms with van der Waals surface area (Å²) >= 11 is 0. The van der Waals surface area contributed by atoms with Crippen LogP contribution < -0.4 is 5.32 Å². The number of nitrogens with one attached hydrogen (secondary N) is 1. The highest BCUT2D eigenvalue weighted by Crippen LogP contribution is 2.21. The van der Waals surface area contributed by atoms with Gasteiger partial charge in [-0.15, -0.1) is 6.42 Å². The van der Waals surface area contributed by atoms with E-state index in [0.717, 1.165) is 25.9 Å². The number of carbonyl (C=O) groups excluding carboxylic acids is 2. The quantitative estimate of drug-likeness (QED) is 0.553. The Morgan fingerprint density at radius 1 is 1.39 bits per heavy atom. The molecule has 0 radical (unpaired) electrons. The molecule has 7 nitrogen and oxygen atoms in total. The van der Waals surface area contributed by atoms with Crippen molar-refractivity contribution in [1.29, 1.82) is 0 Å². The number of ether oxygens (including phenoxy) is 2. The zero-order valence-electron chi connectivity index (χ0n) is 13.6. The maximum atomic E-state index is 12.2. The summed E-state index contributed by atoms with van der Waals surface area (Å²) in [6.45, 7) is 3.19. The Morgan fingerprint density at radius 3 is 2.83 bits per heavy atom. The maximum Gasteiger partial charge on any atom is 0.407 e. The van der Waals surface area contributed by atoms with Crippen molar-refractivity contribution in [1.82, 2.24) is 15.1 Å². The Kier molecular flexibility index (Phi) is 6.68. The summed E-state index contributed by atoms with van der Waals surface area (Å²) in [6, 6.07) is 0.111. The van der Waals surface area contributed by atoms with Crippen molar-refractivity contribution < 1.29 is 19.1 Å². The zero-order valence-corrected chi connectivity index (χ0v) is 13.6. The second kappa shape index (κ2) is 8.75. The standard InChI is InChI=1S/C16H25N3O4/c1-3-8-22-9-10-23-16(21)17-13-11-15(20)19(12-13)14-4-6-18(2)7-5-14/h1,13-14H,4-12H2,2H3,(H,17,21). The van der Waals surface area contributed by atoms with Crippen LogP contribution in [0, 0.1) is 12.3 Å². The molecule has 2 saturated heterocycles. The Labute approximate surface area is 137 Å². The highest BCUT2D eigenvalue weighted by Gasteiger charge is 2.36. The van der Waals surface area contributed by atoms with E-state index in [0.29, 0.717) is 19.0 Å². The van der Waals surface area contributed by atoms with Crippen molar-refractivity contribution in [2.75, 3.05) is 46.5 Å². The SMILES string of the molecule is C#CCOCCOC(=O)NC1CC(=O)N(C2CCN(C)CC2)C1. The molecule has 0 aromatic rings. The molecule has 2 aliphatic heterocycles. The molecule has 2 heterocycles. The molecule has 2 aliphatic rings. The minimum atomic E-state index is -0.516. The lowest BCUT2D eigenvalue weighted by Crippen LogP contribution is -2.45. The second-order valence-corrected chi connectivity index (χ2v) is 6.02. The molecule has 0 aliphatic carbocycles. The third-order valence-electron chi connectivity index (χ3n) is 4.26. The number of alkyl carbamates (subject to hydrolysis) is 1. The fourth-order valence-electron chi connectivity index (χ4n) is 3.02. The van der Waals surface area contributed by atoms with Crippen molar-refractivity contribution in [3.05, 3.63) is 0 Å². The summed E-state index contributed by atoms with van der Waals surface area (Å²) in [7, 11) is 2.09. The van der Waals surface area contributed by atoms with Gasteiger partial charge in [0.15, 0.2) is 0 Å². The summed E-state index contributed by atoms with van der Waals surface area (Å²) in [6.07, 6.45) is 6.85. The number of hydrogen-bond acceptors (Lipinski definition) is 5. The number of carbonyl (C=O) groups is 2. The third-order valence-corrected chi connectivity index (χ3v) is 4.26. The molecule has 23 heavy (non-hydrogen) atoms. The second-order valence-electron chi connectivity index (χ2n) is 6.02. The van der Waals surface area contributed by atoms with Crippen molar-refractivity contribution in [2.45, 2.75) is 31.3 Å². The van der Waals surface area contributed by atoms with Crippen LogP contribution in [0.5, 0.6) is 0 Å². The number of rotatable bonds is 6. The number of likely N-dealkylation sites (tertiary alicyclic amines) is 2. The Bertz CT molecular complexity index is 455. The summed E-state index contributed by atoms with van der Waals surface area (Å²) < 4.78 is 10.0. The topological polar surface area (TPSA) is 71.1 Å². The number of amides is 2. The molecule has 2 amide bonds. The smallest absolute Gasteiger partial charge is 0.407 e. The zero-order chi connectivity index (χ0) is 16.7. The number of nitrogens with zero attached hydrogens (tertiary/aromatic N) is 2. The van der Waals surface area contributed by atoms with Gasteiger partial charge in [0.1, 0.15) is 13.2 Å². The predicted octanol–water partition coefficient (Wildman–Crippen LogP) is 0.0575. The number of terminal acetylenes is 1. The molecular formula is C16H25N3O4. The molecule has 1 atom stereocenters. The van der Waals surface area contributed by atoms with Gasteiger partial charge >= 0.3 is 6.09 Å². The first kappa shape index (κ1) is 17.6. The molecule has 0 aromatic carbocycles. The Hall–Kier alpha value is -1.78. The minimum Gasteiger partial charge on any atom is -0.447 e. The third kappa shape index (κ3) is 5.41. The van der Waals surface area contributed by atoms with Gasteiger partial charge in [0.25, 0.3) is 0 Å². The van der Waals surface area contributed by atoms with E-state index in [9.17, 15) is 9.59 Å². The molecule has 0 bridgehead atoms. The summed E-state index contributed by atoms with van der Waals surface area (Å²) in [5.41, 5.74) is 0. The van der Waals surface area contributed by atoms with E-state index in [-0.39, 0.29) is 31.8 Å². The van der Waals surface area contributed by atoms with Crippen LogP contribution in [-0.2, 0) is 14.3 Å². The molecule has 1 N–H and O–H groups in total. The van der Waals surface area contributed by atoms with Crippen molar-refractivity contribution in [3.8, 4) is 12.3 Å². The number of piperidine rings is 1. The fourth-order valence-corrected chi connectivity index (χ4v) is 3.02. The summed E-state index contributed by atoms with van der Waals surface area (Å²) in [5, 5.41) is 2.75. The van der Waals surface area contributed by atoms with Crippen molar-refractivity contribution in [3.63, 3.8) is 0 Å². The molecule has 1 unspecified atom stereocenters. The van der Waals surface area contributed by atoms with Gasteiger partial charge in [-0.25, -0.2) is 4.79 Å². The largest absolute Gasteiger partial charge is 0.447 e. The van der Waals surface area contributed by atoms with Crippen LogP contribution in [0.2, 0.25) is 0 Å². The molecule has 0 spiro atoms. The highest BCUT2D eigenvalue weighted by atomic mass is 16.6. The van der Waals surface area contributed by atoms with Crippen LogP contribution in [0.1, 0.15) is 19.3 Å². The Morgan fingerprint density at radius 2 is 2.13 bits per heavy atom. The van der Waals surface area contributed by atoms with Crippen LogP contribution in [0.4, 0.5) is 4.79 Å². The summed E-state index contributed by atoms with van der Waals surface area (Å²) in [4.78, 5) is 28.0. The van der Waals surface area contributed by atoms with E-state index >= 15 is 0 Å². The first-order valence-corrected chi connectivity index (χ1v) is 8.02. The van der Waals surface area contributed by atoms with Gasteiger partial charge in [-0.1, -0.05) is 5.92 Å². The lowest BCUT2D eigenvalue weighted by molar-refractivity contribution is -0.130. The fraction of sp³-hybridized carbons (Fsp3) is 0.750. The van der Waals surface area contributed by atoms with Crippen LogP contribution in [0.25, 0.3) is 0 Å². The summed E-state index contributed by atoms with van der Waals surface area (Å²) in [5.74, 6) is 2.45. The molecule has 128 valence electrons. The van der Waals surface area contributed by atoms with E-state index in [1.807, 2.05) is 4.90 Å². The van der Waals surface area contributed by atoms with Crippen molar-refractivity contribution >= 4 is 12.0 Å². The van der Waals surface area contributed by atoms with Crippen LogP contribution in [0.3, 0.4) is 0 Å². The average molecular weight is 323 g/mol. The minimum absolute atomic E-state index is 0.113. The van der Waals surface area contributed by atoms with E-state index in [4.69, 9.17) is 15.9 Å². The maximum absolute atomic E-state index is 12.2. The van der Waals surface area contributed by atoms with Gasteiger partial charge in [-0.05, 0) is 33.0 Å². The van der Waals surface area contributed by atoms with Crippen molar-refractivity contribution in [2.24, 2.45) is 0 Å². The van der Waals surface area contributed by atoms with Gasteiger partial charge in [-0.2, -0.15) is 0 Å². The van der Waals surface area contributed by atoms with E-state index in [1.54, 1.807) is 0 Å². The van der Waals surface area contributed by atoms with E-state index in [2.05, 4.69) is 23.2 Å². The average Bonchev–Trinajstić information content (AvgIpc) is 2.88. The Balaban J connectivity index is 1.68. The van der Waals surface area contributed by atoms with Gasteiger partial charge in [0.2, 0.25) is 5.91 Å².